The van der Waals surface area contributed by atoms with Crippen molar-refractivity contribution < 1.29 is 4.79 Å². The van der Waals surface area contributed by atoms with Crippen molar-refractivity contribution in [3.8, 4) is 0 Å². The Hall–Kier alpha value is -2.56. The van der Waals surface area contributed by atoms with Gasteiger partial charge in [-0.1, -0.05) is 12.1 Å². The zero-order chi connectivity index (χ0) is 15.4. The molecule has 0 aliphatic heterocycles. The number of anilines is 2. The summed E-state index contributed by atoms with van der Waals surface area (Å²) in [7, 11) is 1.65. The van der Waals surface area contributed by atoms with Crippen molar-refractivity contribution in [3.05, 3.63) is 58.5 Å². The summed E-state index contributed by atoms with van der Waals surface area (Å²) in [5, 5.41) is 6.05. The lowest BCUT2D eigenvalue weighted by molar-refractivity contribution is 0.102. The van der Waals surface area contributed by atoms with Gasteiger partial charge in [0.2, 0.25) is 5.56 Å². The number of aryl methyl sites for hydroxylation is 1. The second-order valence-corrected chi connectivity index (χ2v) is 5.17. The molecule has 0 aliphatic rings. The number of nitrogens with one attached hydrogen (secondary N) is 2. The number of hydrogen-bond acceptors (Lipinski definition) is 3. The van der Waals surface area contributed by atoms with E-state index in [4.69, 9.17) is 0 Å². The maximum Gasteiger partial charge on any atom is 0.257 e. The van der Waals surface area contributed by atoms with Gasteiger partial charge >= 0.3 is 0 Å². The van der Waals surface area contributed by atoms with E-state index in [1.165, 1.54) is 10.6 Å². The Labute approximate surface area is 123 Å². The summed E-state index contributed by atoms with van der Waals surface area (Å²) in [5.41, 5.74) is 1.83. The Morgan fingerprint density at radius 1 is 1.14 bits per heavy atom. The fourth-order valence-electron chi connectivity index (χ4n) is 1.98. The number of benzene rings is 1. The first-order valence-electron chi connectivity index (χ1n) is 6.81. The van der Waals surface area contributed by atoms with Gasteiger partial charge in [0.05, 0.1) is 11.3 Å². The highest BCUT2D eigenvalue weighted by molar-refractivity contribution is 6.08. The molecule has 110 valence electrons. The standard InChI is InChI=1S/C16H19N3O2/c1-11(2)17-14-7-5-4-6-13(14)16(21)18-12-8-9-15(20)19(3)10-12/h4-11,17H,1-3H3,(H,18,21). The average Bonchev–Trinajstić information content (AvgIpc) is 2.43. The molecule has 1 aromatic heterocycles. The smallest absolute Gasteiger partial charge is 0.257 e. The number of hydrogen-bond donors (Lipinski definition) is 2. The summed E-state index contributed by atoms with van der Waals surface area (Å²) in [6, 6.07) is 10.6. The molecule has 0 atom stereocenters. The van der Waals surface area contributed by atoms with E-state index in [0.717, 1.165) is 5.69 Å². The molecule has 0 saturated carbocycles. The molecule has 2 aromatic rings. The van der Waals surface area contributed by atoms with E-state index in [1.807, 2.05) is 32.0 Å². The summed E-state index contributed by atoms with van der Waals surface area (Å²) in [6.45, 7) is 4.03. The van der Waals surface area contributed by atoms with Gasteiger partial charge in [0.25, 0.3) is 5.91 Å². The first kappa shape index (κ1) is 14.8. The number of amides is 1. The molecular formula is C16H19N3O2. The molecule has 21 heavy (non-hydrogen) atoms. The van der Waals surface area contributed by atoms with Gasteiger partial charge in [-0.25, -0.2) is 0 Å². The molecule has 1 heterocycles. The molecule has 1 amide bonds. The minimum atomic E-state index is -0.211. The van der Waals surface area contributed by atoms with Crippen LogP contribution < -0.4 is 16.2 Å². The molecule has 1 aromatic carbocycles. The SMILES string of the molecule is CC(C)Nc1ccccc1C(=O)Nc1ccc(=O)n(C)c1. The molecular weight excluding hydrogens is 266 g/mol. The third-order valence-corrected chi connectivity index (χ3v) is 2.96. The maximum absolute atomic E-state index is 12.4. The number of nitrogens with zero attached hydrogens (tertiary/aromatic N) is 1. The van der Waals surface area contributed by atoms with Crippen LogP contribution in [0.5, 0.6) is 0 Å². The van der Waals surface area contributed by atoms with E-state index in [9.17, 15) is 9.59 Å². The molecule has 0 fully saturated rings. The minimum absolute atomic E-state index is 0.116. The van der Waals surface area contributed by atoms with E-state index in [-0.39, 0.29) is 17.5 Å². The van der Waals surface area contributed by atoms with Gasteiger partial charge in [-0.15, -0.1) is 0 Å². The summed E-state index contributed by atoms with van der Waals surface area (Å²) in [5.74, 6) is -0.211. The summed E-state index contributed by atoms with van der Waals surface area (Å²) in [4.78, 5) is 23.7. The Morgan fingerprint density at radius 3 is 2.52 bits per heavy atom. The molecule has 2 rings (SSSR count). The van der Waals surface area contributed by atoms with Crippen LogP contribution >= 0.6 is 0 Å². The zero-order valence-electron chi connectivity index (χ0n) is 12.4. The third-order valence-electron chi connectivity index (χ3n) is 2.96. The van der Waals surface area contributed by atoms with Crippen molar-refractivity contribution >= 4 is 17.3 Å². The fraction of sp³-hybridized carbons (Fsp3) is 0.250. The Bertz CT molecular complexity index is 705. The van der Waals surface area contributed by atoms with Crippen LogP contribution in [0.4, 0.5) is 11.4 Å². The molecule has 0 spiro atoms. The maximum atomic E-state index is 12.4. The second-order valence-electron chi connectivity index (χ2n) is 5.17. The van der Waals surface area contributed by atoms with Crippen molar-refractivity contribution in [3.63, 3.8) is 0 Å². The van der Waals surface area contributed by atoms with Gasteiger partial charge in [-0.05, 0) is 32.0 Å². The number of carbonyl (C=O) groups is 1. The molecule has 0 radical (unpaired) electrons. The topological polar surface area (TPSA) is 63.1 Å². The van der Waals surface area contributed by atoms with Gasteiger partial charge in [-0.3, -0.25) is 9.59 Å². The van der Waals surface area contributed by atoms with E-state index >= 15 is 0 Å². The summed E-state index contributed by atoms with van der Waals surface area (Å²) in [6.07, 6.45) is 1.60. The van der Waals surface area contributed by atoms with Crippen LogP contribution in [-0.2, 0) is 7.05 Å². The number of pyridine rings is 1. The van der Waals surface area contributed by atoms with Crippen molar-refractivity contribution in [2.45, 2.75) is 19.9 Å². The normalized spacial score (nSPS) is 10.5. The molecule has 0 saturated heterocycles. The lowest BCUT2D eigenvalue weighted by atomic mass is 10.1. The van der Waals surface area contributed by atoms with Gasteiger partial charge in [0.15, 0.2) is 0 Å². The summed E-state index contributed by atoms with van der Waals surface area (Å²) < 4.78 is 1.42. The largest absolute Gasteiger partial charge is 0.382 e. The third kappa shape index (κ3) is 3.72. The van der Waals surface area contributed by atoms with Crippen molar-refractivity contribution in [2.75, 3.05) is 10.6 Å². The number of para-hydroxylation sites is 1. The average molecular weight is 285 g/mol. The number of rotatable bonds is 4. The van der Waals surface area contributed by atoms with Gasteiger partial charge < -0.3 is 15.2 Å². The highest BCUT2D eigenvalue weighted by Gasteiger charge is 2.12. The van der Waals surface area contributed by atoms with Gasteiger partial charge in [-0.2, -0.15) is 0 Å². The van der Waals surface area contributed by atoms with E-state index in [0.29, 0.717) is 11.3 Å². The molecule has 5 nitrogen and oxygen atoms in total. The first-order chi connectivity index (χ1) is 9.97. The van der Waals surface area contributed by atoms with Crippen LogP contribution in [0.2, 0.25) is 0 Å². The van der Waals surface area contributed by atoms with E-state index in [1.54, 1.807) is 25.4 Å². The van der Waals surface area contributed by atoms with Crippen LogP contribution in [0, 0.1) is 0 Å². The fourth-order valence-corrected chi connectivity index (χ4v) is 1.98. The Morgan fingerprint density at radius 2 is 1.86 bits per heavy atom. The van der Waals surface area contributed by atoms with Crippen LogP contribution in [0.3, 0.4) is 0 Å². The zero-order valence-corrected chi connectivity index (χ0v) is 12.4. The molecule has 2 N–H and O–H groups in total. The minimum Gasteiger partial charge on any atom is -0.382 e. The van der Waals surface area contributed by atoms with E-state index in [2.05, 4.69) is 10.6 Å². The number of aromatic nitrogens is 1. The lowest BCUT2D eigenvalue weighted by Crippen LogP contribution is -2.20. The first-order valence-corrected chi connectivity index (χ1v) is 6.81. The molecule has 0 aliphatic carbocycles. The van der Waals surface area contributed by atoms with Crippen LogP contribution in [-0.4, -0.2) is 16.5 Å². The lowest BCUT2D eigenvalue weighted by Gasteiger charge is -2.14. The highest BCUT2D eigenvalue weighted by atomic mass is 16.1. The van der Waals surface area contributed by atoms with Crippen LogP contribution in [0.25, 0.3) is 0 Å². The van der Waals surface area contributed by atoms with Crippen molar-refractivity contribution in [1.29, 1.82) is 0 Å². The second kappa shape index (κ2) is 6.26. The highest BCUT2D eigenvalue weighted by Crippen LogP contribution is 2.17. The predicted octanol–water partition coefficient (Wildman–Crippen LogP) is 2.46. The summed E-state index contributed by atoms with van der Waals surface area (Å²) >= 11 is 0. The number of carbonyl (C=O) groups excluding carboxylic acids is 1. The van der Waals surface area contributed by atoms with Crippen molar-refractivity contribution in [1.82, 2.24) is 4.57 Å². The van der Waals surface area contributed by atoms with Gasteiger partial charge in [0.1, 0.15) is 0 Å². The van der Waals surface area contributed by atoms with Crippen LogP contribution in [0.1, 0.15) is 24.2 Å². The predicted molar refractivity (Wildman–Crippen MR) is 84.8 cm³/mol. The molecule has 5 heteroatoms. The van der Waals surface area contributed by atoms with Crippen LogP contribution in [0.15, 0.2) is 47.4 Å². The monoisotopic (exact) mass is 285 g/mol. The Kier molecular flexibility index (Phi) is 4.42. The molecule has 0 bridgehead atoms. The Balaban J connectivity index is 2.24. The van der Waals surface area contributed by atoms with E-state index < -0.39 is 0 Å². The molecule has 0 unspecified atom stereocenters. The quantitative estimate of drug-likeness (QED) is 0.907. The van der Waals surface area contributed by atoms with Crippen molar-refractivity contribution in [2.24, 2.45) is 7.05 Å². The van der Waals surface area contributed by atoms with Gasteiger partial charge in [0, 0.05) is 31.0 Å².